The summed E-state index contributed by atoms with van der Waals surface area (Å²) >= 11 is 0. The van der Waals surface area contributed by atoms with Crippen molar-refractivity contribution in [3.8, 4) is 11.5 Å². The predicted molar refractivity (Wildman–Crippen MR) is 65.4 cm³/mol. The van der Waals surface area contributed by atoms with Crippen LogP contribution in [-0.2, 0) is 9.47 Å². The number of pyridine rings is 1. The van der Waals surface area contributed by atoms with Gasteiger partial charge in [0.05, 0.1) is 19.4 Å². The van der Waals surface area contributed by atoms with Gasteiger partial charge in [-0.1, -0.05) is 12.1 Å². The predicted octanol–water partition coefficient (Wildman–Crippen LogP) is 2.92. The van der Waals surface area contributed by atoms with E-state index in [2.05, 4.69) is 4.98 Å². The van der Waals surface area contributed by atoms with Crippen molar-refractivity contribution in [3.63, 3.8) is 0 Å². The smallest absolute Gasteiger partial charge is 0.184 e. The standard InChI is InChI=1S/C14H13NO3/c1-3-11(14-16-7-8-17-14)9-12(4-1)18-13-5-2-6-15-10-13/h1-6,9-10,14H,7-8H2. The van der Waals surface area contributed by atoms with Crippen molar-refractivity contribution in [2.45, 2.75) is 6.29 Å². The van der Waals surface area contributed by atoms with E-state index >= 15 is 0 Å². The summed E-state index contributed by atoms with van der Waals surface area (Å²) in [4.78, 5) is 4.01. The van der Waals surface area contributed by atoms with Gasteiger partial charge in [0.15, 0.2) is 6.29 Å². The minimum atomic E-state index is -0.276. The lowest BCUT2D eigenvalue weighted by atomic mass is 10.2. The number of benzene rings is 1. The fourth-order valence-electron chi connectivity index (χ4n) is 1.82. The molecule has 1 fully saturated rings. The highest BCUT2D eigenvalue weighted by Gasteiger charge is 2.18. The first kappa shape index (κ1) is 11.2. The largest absolute Gasteiger partial charge is 0.456 e. The summed E-state index contributed by atoms with van der Waals surface area (Å²) in [6.45, 7) is 1.27. The van der Waals surface area contributed by atoms with Gasteiger partial charge < -0.3 is 14.2 Å². The lowest BCUT2D eigenvalue weighted by molar-refractivity contribution is -0.0442. The average molecular weight is 243 g/mol. The quantitative estimate of drug-likeness (QED) is 0.831. The van der Waals surface area contributed by atoms with Crippen molar-refractivity contribution < 1.29 is 14.2 Å². The molecule has 2 heterocycles. The Morgan fingerprint density at radius 3 is 2.67 bits per heavy atom. The maximum atomic E-state index is 5.70. The van der Waals surface area contributed by atoms with E-state index < -0.39 is 0 Å². The first-order valence-electron chi connectivity index (χ1n) is 5.83. The third kappa shape index (κ3) is 2.50. The Morgan fingerprint density at radius 2 is 1.89 bits per heavy atom. The Hall–Kier alpha value is -1.91. The lowest BCUT2D eigenvalue weighted by Gasteiger charge is -2.11. The summed E-state index contributed by atoms with van der Waals surface area (Å²) < 4.78 is 16.6. The second-order valence-corrected chi connectivity index (χ2v) is 3.94. The van der Waals surface area contributed by atoms with Gasteiger partial charge in [0.25, 0.3) is 0 Å². The van der Waals surface area contributed by atoms with Crippen LogP contribution < -0.4 is 4.74 Å². The van der Waals surface area contributed by atoms with Crippen LogP contribution in [0.15, 0.2) is 48.8 Å². The van der Waals surface area contributed by atoms with Gasteiger partial charge in [-0.2, -0.15) is 0 Å². The van der Waals surface area contributed by atoms with Crippen LogP contribution >= 0.6 is 0 Å². The molecule has 2 aromatic rings. The molecule has 0 atom stereocenters. The fourth-order valence-corrected chi connectivity index (χ4v) is 1.82. The SMILES string of the molecule is c1cncc(Oc2cccc(C3OCCO3)c2)c1. The van der Waals surface area contributed by atoms with Gasteiger partial charge in [-0.15, -0.1) is 0 Å². The van der Waals surface area contributed by atoms with Crippen LogP contribution in [-0.4, -0.2) is 18.2 Å². The van der Waals surface area contributed by atoms with Crippen LogP contribution in [0.5, 0.6) is 11.5 Å². The molecule has 4 heteroatoms. The minimum absolute atomic E-state index is 0.276. The first-order valence-corrected chi connectivity index (χ1v) is 5.83. The molecule has 0 radical (unpaired) electrons. The first-order chi connectivity index (χ1) is 8.92. The van der Waals surface area contributed by atoms with Crippen molar-refractivity contribution in [2.75, 3.05) is 13.2 Å². The lowest BCUT2D eigenvalue weighted by Crippen LogP contribution is -1.98. The summed E-state index contributed by atoms with van der Waals surface area (Å²) in [6, 6.07) is 11.4. The van der Waals surface area contributed by atoms with Crippen LogP contribution in [0.3, 0.4) is 0 Å². The second kappa shape index (κ2) is 5.16. The molecule has 0 aliphatic carbocycles. The van der Waals surface area contributed by atoms with E-state index in [9.17, 15) is 0 Å². The van der Waals surface area contributed by atoms with E-state index in [0.29, 0.717) is 19.0 Å². The van der Waals surface area contributed by atoms with Gasteiger partial charge in [0, 0.05) is 11.8 Å². The Kier molecular flexibility index (Phi) is 3.21. The molecular weight excluding hydrogens is 230 g/mol. The number of nitrogens with zero attached hydrogens (tertiary/aromatic N) is 1. The molecule has 1 aromatic carbocycles. The molecule has 18 heavy (non-hydrogen) atoms. The summed E-state index contributed by atoms with van der Waals surface area (Å²) in [5.74, 6) is 1.46. The normalized spacial score (nSPS) is 15.8. The topological polar surface area (TPSA) is 40.6 Å². The van der Waals surface area contributed by atoms with E-state index in [0.717, 1.165) is 11.3 Å². The zero-order valence-corrected chi connectivity index (χ0v) is 9.78. The number of hydrogen-bond acceptors (Lipinski definition) is 4. The number of rotatable bonds is 3. The van der Waals surface area contributed by atoms with Crippen LogP contribution in [0.25, 0.3) is 0 Å². The highest BCUT2D eigenvalue weighted by atomic mass is 16.7. The van der Waals surface area contributed by atoms with E-state index in [1.807, 2.05) is 36.4 Å². The molecule has 0 spiro atoms. The minimum Gasteiger partial charge on any atom is -0.456 e. The van der Waals surface area contributed by atoms with Gasteiger partial charge in [-0.3, -0.25) is 4.98 Å². The molecule has 0 saturated carbocycles. The highest BCUT2D eigenvalue weighted by molar-refractivity contribution is 5.33. The van der Waals surface area contributed by atoms with E-state index in [-0.39, 0.29) is 6.29 Å². The molecule has 1 saturated heterocycles. The molecule has 1 aromatic heterocycles. The van der Waals surface area contributed by atoms with E-state index in [1.165, 1.54) is 0 Å². The van der Waals surface area contributed by atoms with Crippen molar-refractivity contribution in [1.82, 2.24) is 4.98 Å². The molecular formula is C14H13NO3. The van der Waals surface area contributed by atoms with Crippen molar-refractivity contribution in [1.29, 1.82) is 0 Å². The van der Waals surface area contributed by atoms with Crippen LogP contribution in [0, 0.1) is 0 Å². The molecule has 0 amide bonds. The van der Waals surface area contributed by atoms with Crippen molar-refractivity contribution in [3.05, 3.63) is 54.4 Å². The molecule has 4 nitrogen and oxygen atoms in total. The maximum Gasteiger partial charge on any atom is 0.184 e. The maximum absolute atomic E-state index is 5.70. The molecule has 1 aliphatic heterocycles. The summed E-state index contributed by atoms with van der Waals surface area (Å²) in [5.41, 5.74) is 0.967. The average Bonchev–Trinajstić information content (AvgIpc) is 2.94. The Labute approximate surface area is 105 Å². The van der Waals surface area contributed by atoms with Gasteiger partial charge in [0.2, 0.25) is 0 Å². The Morgan fingerprint density at radius 1 is 1.06 bits per heavy atom. The van der Waals surface area contributed by atoms with E-state index in [4.69, 9.17) is 14.2 Å². The molecule has 0 N–H and O–H groups in total. The number of ether oxygens (including phenoxy) is 3. The number of aromatic nitrogens is 1. The van der Waals surface area contributed by atoms with Gasteiger partial charge >= 0.3 is 0 Å². The van der Waals surface area contributed by atoms with Gasteiger partial charge in [0.1, 0.15) is 11.5 Å². The van der Waals surface area contributed by atoms with E-state index in [1.54, 1.807) is 12.4 Å². The van der Waals surface area contributed by atoms with Gasteiger partial charge in [-0.05, 0) is 24.3 Å². The van der Waals surface area contributed by atoms with Crippen molar-refractivity contribution in [2.24, 2.45) is 0 Å². The molecule has 0 unspecified atom stereocenters. The monoisotopic (exact) mass is 243 g/mol. The fraction of sp³-hybridized carbons (Fsp3) is 0.214. The zero-order chi connectivity index (χ0) is 12.2. The summed E-state index contributed by atoms with van der Waals surface area (Å²) in [5, 5.41) is 0. The summed E-state index contributed by atoms with van der Waals surface area (Å²) in [7, 11) is 0. The van der Waals surface area contributed by atoms with Gasteiger partial charge in [-0.25, -0.2) is 0 Å². The Balaban J connectivity index is 1.78. The molecule has 92 valence electrons. The third-order valence-electron chi connectivity index (χ3n) is 2.62. The Bertz CT molecular complexity index is 509. The molecule has 1 aliphatic rings. The highest BCUT2D eigenvalue weighted by Crippen LogP contribution is 2.28. The molecule has 0 bridgehead atoms. The van der Waals surface area contributed by atoms with Crippen LogP contribution in [0.4, 0.5) is 0 Å². The third-order valence-corrected chi connectivity index (χ3v) is 2.62. The number of hydrogen-bond donors (Lipinski definition) is 0. The summed E-state index contributed by atoms with van der Waals surface area (Å²) in [6.07, 6.45) is 3.11. The second-order valence-electron chi connectivity index (χ2n) is 3.94. The van der Waals surface area contributed by atoms with Crippen molar-refractivity contribution >= 4 is 0 Å². The van der Waals surface area contributed by atoms with Crippen LogP contribution in [0.1, 0.15) is 11.9 Å². The zero-order valence-electron chi connectivity index (χ0n) is 9.78. The van der Waals surface area contributed by atoms with Crippen LogP contribution in [0.2, 0.25) is 0 Å². The molecule has 3 rings (SSSR count).